The van der Waals surface area contributed by atoms with E-state index in [0.717, 1.165) is 19.3 Å². The number of unbranched alkanes of at least 4 members (excludes halogenated alkanes) is 12. The number of ether oxygens (including phenoxy) is 3. The summed E-state index contributed by atoms with van der Waals surface area (Å²) in [7, 11) is 4.43. The van der Waals surface area contributed by atoms with Gasteiger partial charge in [-0.1, -0.05) is 151 Å². The second-order valence-corrected chi connectivity index (χ2v) is 27.2. The number of likely N-dealkylation sites (tertiary alicyclic amines) is 1. The number of methoxy groups -OCH3 is 1. The van der Waals surface area contributed by atoms with Gasteiger partial charge in [-0.3, -0.25) is 43.2 Å². The van der Waals surface area contributed by atoms with E-state index in [1.807, 2.05) is 27.7 Å². The third-order valence-corrected chi connectivity index (χ3v) is 18.1. The lowest BCUT2D eigenvalue weighted by Gasteiger charge is -2.36. The van der Waals surface area contributed by atoms with E-state index in [1.54, 1.807) is 56.9 Å². The van der Waals surface area contributed by atoms with E-state index >= 15 is 14.4 Å². The van der Waals surface area contributed by atoms with Gasteiger partial charge in [0, 0.05) is 40.0 Å². The maximum atomic E-state index is 15.1. The highest BCUT2D eigenvalue weighted by molar-refractivity contribution is 6.05. The molecule has 0 aromatic heterocycles. The van der Waals surface area contributed by atoms with Crippen molar-refractivity contribution in [2.24, 2.45) is 29.6 Å². The van der Waals surface area contributed by atoms with Crippen molar-refractivity contribution in [2.75, 3.05) is 34.3 Å². The average molecular weight is 1260 g/mol. The van der Waals surface area contributed by atoms with Crippen molar-refractivity contribution in [1.82, 2.24) is 35.6 Å². The average Bonchev–Trinajstić information content (AvgIpc) is 2.15. The van der Waals surface area contributed by atoms with Gasteiger partial charge in [0.15, 0.2) is 11.9 Å². The van der Waals surface area contributed by atoms with Crippen molar-refractivity contribution >= 4 is 59.1 Å². The number of rotatable bonds is 27. The van der Waals surface area contributed by atoms with E-state index in [0.29, 0.717) is 50.0 Å². The predicted octanol–water partition coefficient (Wildman–Crippen LogP) is 8.03. The van der Waals surface area contributed by atoms with Gasteiger partial charge in [0.25, 0.3) is 0 Å². The Balaban J connectivity index is 1.71. The number of hydrogen-bond acceptors (Lipinski definition) is 14. The number of Topliss-reactive ketones (excluding diaryl/α,β-unsaturated/α-hetero) is 1. The number of aliphatic hydroxyl groups excluding tert-OH is 1. The lowest BCUT2D eigenvalue weighted by atomic mass is 9.92. The first-order valence-electron chi connectivity index (χ1n) is 33.9. The molecule has 508 valence electrons. The fraction of sp³-hybridized carbons (Fsp3) is 0.768. The molecule has 3 aliphatic heterocycles. The SMILES string of the molecule is CCCCCCCCCCCCCCCC(=O)N1CCC[C@H]1C(=O)N(C)[C@@H](CC(C)C)C(=O)N[C@@H]1C(=O)N[C@H](C(C)C)[C@@H](O)CC(=O)O[C@@H](C(C)C)C(=O)C(C)C(=O)NC(CC(C)C)C(=O)N2CCC[C@H]2C(=O)N(C)[C@H](Cc2ccc(OC)cc2)C(=O)O[C@H]1C. The summed E-state index contributed by atoms with van der Waals surface area (Å²) in [4.78, 5) is 151. The number of carbonyl (C=O) groups excluding carboxylic acids is 10. The second-order valence-electron chi connectivity index (χ2n) is 27.2. The summed E-state index contributed by atoms with van der Waals surface area (Å²) in [6.45, 7) is 19.6. The molecule has 3 fully saturated rings. The topological polar surface area (TPSA) is 268 Å². The van der Waals surface area contributed by atoms with Crippen LogP contribution in [0, 0.1) is 29.6 Å². The standard InChI is InChI=1S/C69H113N7O14/c1-15-16-17-18-19-20-21-22-23-24-25-26-27-32-57(78)75-37-28-30-52(75)67(85)73(12)54(40-44(4)5)64(82)72-60-48(11)89-69(87)55(41-49-33-35-50(88-14)36-34-49)74(13)68(86)53-31-29-38-76(53)66(84)51(39-43(2)3)70-63(81)47(10)61(80)62(46(8)9)90-58(79)42-56(77)59(45(6)7)71-65(60)83/h33-36,43-48,51-56,59-60,62,77H,15-32,37-42H2,1-14H3,(H,70,81)(H,71,83)(H,72,82)/t47?,48-,51?,52-,53-,54-,55+,56-,59+,60-,62-/m0/s1. The Labute approximate surface area is 537 Å². The quantitative estimate of drug-likeness (QED) is 0.0369. The van der Waals surface area contributed by atoms with Crippen molar-refractivity contribution in [3.8, 4) is 5.75 Å². The van der Waals surface area contributed by atoms with Crippen LogP contribution in [0.3, 0.4) is 0 Å². The van der Waals surface area contributed by atoms with E-state index in [2.05, 4.69) is 22.9 Å². The molecule has 0 radical (unpaired) electrons. The van der Waals surface area contributed by atoms with Crippen molar-refractivity contribution in [3.05, 3.63) is 29.8 Å². The lowest BCUT2D eigenvalue weighted by molar-refractivity contribution is -0.163. The van der Waals surface area contributed by atoms with Crippen LogP contribution in [0.2, 0.25) is 0 Å². The molecule has 3 saturated heterocycles. The largest absolute Gasteiger partial charge is 0.497 e. The molecular formula is C69H113N7O14. The number of nitrogens with zero attached hydrogens (tertiary/aromatic N) is 4. The number of ketones is 1. The molecule has 21 heteroatoms. The number of amides is 7. The Hall–Kier alpha value is -6.12. The number of esters is 2. The molecule has 2 unspecified atom stereocenters. The van der Waals surface area contributed by atoms with Crippen LogP contribution in [0.4, 0.5) is 0 Å². The molecule has 4 rings (SSSR count). The number of cyclic esters (lactones) is 2. The van der Waals surface area contributed by atoms with Gasteiger partial charge in [-0.25, -0.2) is 4.79 Å². The fourth-order valence-corrected chi connectivity index (χ4v) is 12.6. The molecule has 3 heterocycles. The van der Waals surface area contributed by atoms with E-state index < -0.39 is 138 Å². The predicted molar refractivity (Wildman–Crippen MR) is 344 cm³/mol. The minimum Gasteiger partial charge on any atom is -0.497 e. The summed E-state index contributed by atoms with van der Waals surface area (Å²) < 4.78 is 17.3. The fourth-order valence-electron chi connectivity index (χ4n) is 12.6. The molecule has 21 nitrogen and oxygen atoms in total. The zero-order valence-corrected chi connectivity index (χ0v) is 57.0. The molecule has 7 amide bonds. The van der Waals surface area contributed by atoms with E-state index in [1.165, 1.54) is 108 Å². The van der Waals surface area contributed by atoms with E-state index in [4.69, 9.17) is 14.2 Å². The number of aliphatic hydroxyl groups is 1. The third kappa shape index (κ3) is 22.9. The van der Waals surface area contributed by atoms with Crippen LogP contribution in [0.25, 0.3) is 0 Å². The van der Waals surface area contributed by atoms with Crippen LogP contribution in [0.5, 0.6) is 5.75 Å². The van der Waals surface area contributed by atoms with Crippen LogP contribution >= 0.6 is 0 Å². The van der Waals surface area contributed by atoms with Gasteiger partial charge in [-0.05, 0) is 100 Å². The van der Waals surface area contributed by atoms with Gasteiger partial charge in [-0.15, -0.1) is 0 Å². The molecule has 0 spiro atoms. The zero-order chi connectivity index (χ0) is 66.9. The summed E-state index contributed by atoms with van der Waals surface area (Å²) in [6, 6.07) is -1.79. The normalized spacial score (nSPS) is 25.1. The number of nitrogens with one attached hydrogen (secondary N) is 3. The first-order valence-corrected chi connectivity index (χ1v) is 33.9. The molecule has 1 aromatic carbocycles. The van der Waals surface area contributed by atoms with Crippen LogP contribution in [0.1, 0.15) is 217 Å². The maximum absolute atomic E-state index is 15.1. The highest BCUT2D eigenvalue weighted by Gasteiger charge is 2.46. The van der Waals surface area contributed by atoms with Crippen LogP contribution < -0.4 is 20.7 Å². The second kappa shape index (κ2) is 38.0. The molecule has 3 aliphatic rings. The summed E-state index contributed by atoms with van der Waals surface area (Å²) in [5, 5.41) is 20.2. The van der Waals surface area contributed by atoms with Crippen molar-refractivity contribution < 1.29 is 67.3 Å². The van der Waals surface area contributed by atoms with Gasteiger partial charge in [0.1, 0.15) is 48.1 Å². The minimum absolute atomic E-state index is 0.113. The number of benzene rings is 1. The Bertz CT molecular complexity index is 2510. The Morgan fingerprint density at radius 3 is 1.89 bits per heavy atom. The van der Waals surface area contributed by atoms with Gasteiger partial charge in [0.2, 0.25) is 41.4 Å². The molecule has 1 aromatic rings. The lowest BCUT2D eigenvalue weighted by Crippen LogP contribution is -2.62. The zero-order valence-electron chi connectivity index (χ0n) is 57.0. The van der Waals surface area contributed by atoms with Gasteiger partial charge in [0.05, 0.1) is 31.6 Å². The van der Waals surface area contributed by atoms with Crippen LogP contribution in [-0.4, -0.2) is 179 Å². The van der Waals surface area contributed by atoms with Crippen molar-refractivity contribution in [2.45, 2.75) is 278 Å². The Morgan fingerprint density at radius 2 is 1.33 bits per heavy atom. The highest BCUT2D eigenvalue weighted by atomic mass is 16.6. The maximum Gasteiger partial charge on any atom is 0.329 e. The molecule has 90 heavy (non-hydrogen) atoms. The van der Waals surface area contributed by atoms with Gasteiger partial charge in [-0.2, -0.15) is 0 Å². The third-order valence-electron chi connectivity index (χ3n) is 18.1. The summed E-state index contributed by atoms with van der Waals surface area (Å²) in [5.41, 5.74) is 0.589. The highest BCUT2D eigenvalue weighted by Crippen LogP contribution is 2.28. The molecular weight excluding hydrogens is 1150 g/mol. The van der Waals surface area contributed by atoms with Crippen molar-refractivity contribution in [1.29, 1.82) is 0 Å². The first-order chi connectivity index (χ1) is 42.6. The van der Waals surface area contributed by atoms with Crippen LogP contribution in [-0.2, 0) is 63.8 Å². The van der Waals surface area contributed by atoms with E-state index in [9.17, 15) is 38.7 Å². The summed E-state index contributed by atoms with van der Waals surface area (Å²) in [5.74, 6) is -9.37. The monoisotopic (exact) mass is 1260 g/mol. The molecule has 0 aliphatic carbocycles. The van der Waals surface area contributed by atoms with Gasteiger partial charge < -0.3 is 54.9 Å². The minimum atomic E-state index is -1.73. The number of fused-ring (bicyclic) bond motifs is 1. The number of likely N-dealkylation sites (N-methyl/N-ethyl adjacent to an activating group) is 2. The van der Waals surface area contributed by atoms with E-state index in [-0.39, 0.29) is 50.0 Å². The summed E-state index contributed by atoms with van der Waals surface area (Å²) >= 11 is 0. The molecule has 11 atom stereocenters. The molecule has 0 saturated carbocycles. The van der Waals surface area contributed by atoms with Crippen LogP contribution in [0.15, 0.2) is 24.3 Å². The molecule has 4 N–H and O–H groups in total. The number of carbonyl (C=O) groups is 10. The first kappa shape index (κ1) is 76.3. The Morgan fingerprint density at radius 1 is 0.744 bits per heavy atom. The summed E-state index contributed by atoms with van der Waals surface area (Å²) in [6.07, 6.45) is 12.0. The number of hydrogen-bond donors (Lipinski definition) is 4. The van der Waals surface area contributed by atoms with Crippen molar-refractivity contribution in [3.63, 3.8) is 0 Å². The smallest absolute Gasteiger partial charge is 0.329 e. The Kier molecular flexibility index (Phi) is 32.3. The molecule has 0 bridgehead atoms. The van der Waals surface area contributed by atoms with Gasteiger partial charge >= 0.3 is 11.9 Å².